The van der Waals surface area contributed by atoms with Crippen molar-refractivity contribution in [2.24, 2.45) is 0 Å². The first kappa shape index (κ1) is 18.5. The largest absolute Gasteiger partial charge is 0.290 e. The fourth-order valence-electron chi connectivity index (χ4n) is 3.21. The van der Waals surface area contributed by atoms with Crippen LogP contribution < -0.4 is 0 Å². The number of aromatic nitrogens is 4. The molecule has 6 heteroatoms. The minimum absolute atomic E-state index is 0.700. The van der Waals surface area contributed by atoms with Gasteiger partial charge in [-0.3, -0.25) is 4.90 Å². The predicted octanol–water partition coefficient (Wildman–Crippen LogP) is 4.28. The monoisotopic (exact) mass is 389 g/mol. The average Bonchev–Trinajstić information content (AvgIpc) is 3.36. The first-order valence-corrected chi connectivity index (χ1v) is 10.2. The van der Waals surface area contributed by atoms with E-state index < -0.39 is 0 Å². The van der Waals surface area contributed by atoms with E-state index in [4.69, 9.17) is 0 Å². The molecule has 0 saturated carbocycles. The zero-order valence-electron chi connectivity index (χ0n) is 15.9. The summed E-state index contributed by atoms with van der Waals surface area (Å²) >= 11 is 1.85. The topological polar surface area (TPSA) is 46.8 Å². The van der Waals surface area contributed by atoms with Gasteiger partial charge in [0.1, 0.15) is 0 Å². The SMILES string of the molecule is Cc1ccc(CN(CCc2ccccc2)Cc2nnnn2-c2ccccc2)s1. The Bertz CT molecular complexity index is 994. The molecule has 0 N–H and O–H groups in total. The van der Waals surface area contributed by atoms with Gasteiger partial charge in [0.05, 0.1) is 12.2 Å². The van der Waals surface area contributed by atoms with E-state index in [2.05, 4.69) is 69.8 Å². The summed E-state index contributed by atoms with van der Waals surface area (Å²) in [7, 11) is 0. The number of hydrogen-bond donors (Lipinski definition) is 0. The van der Waals surface area contributed by atoms with Gasteiger partial charge < -0.3 is 0 Å². The van der Waals surface area contributed by atoms with Crippen molar-refractivity contribution in [1.82, 2.24) is 25.1 Å². The maximum Gasteiger partial charge on any atom is 0.170 e. The highest BCUT2D eigenvalue weighted by molar-refractivity contribution is 7.11. The first-order chi connectivity index (χ1) is 13.8. The van der Waals surface area contributed by atoms with Gasteiger partial charge in [0, 0.05) is 22.8 Å². The highest BCUT2D eigenvalue weighted by Gasteiger charge is 2.15. The third kappa shape index (κ3) is 4.71. The molecule has 4 aromatic rings. The number of tetrazole rings is 1. The van der Waals surface area contributed by atoms with Crippen LogP contribution in [0, 0.1) is 6.92 Å². The van der Waals surface area contributed by atoms with E-state index in [-0.39, 0.29) is 0 Å². The van der Waals surface area contributed by atoms with Crippen molar-refractivity contribution in [2.45, 2.75) is 26.4 Å². The highest BCUT2D eigenvalue weighted by Crippen LogP contribution is 2.19. The molecule has 0 radical (unpaired) electrons. The molecule has 28 heavy (non-hydrogen) atoms. The summed E-state index contributed by atoms with van der Waals surface area (Å²) in [5, 5.41) is 12.4. The first-order valence-electron chi connectivity index (χ1n) is 9.42. The summed E-state index contributed by atoms with van der Waals surface area (Å²) in [5.41, 5.74) is 2.33. The molecule has 0 amide bonds. The van der Waals surface area contributed by atoms with Gasteiger partial charge in [-0.15, -0.1) is 16.4 Å². The normalized spacial score (nSPS) is 11.2. The Morgan fingerprint density at radius 3 is 2.36 bits per heavy atom. The Hall–Kier alpha value is -2.83. The highest BCUT2D eigenvalue weighted by atomic mass is 32.1. The van der Waals surface area contributed by atoms with E-state index in [1.807, 2.05) is 46.4 Å². The second kappa shape index (κ2) is 8.91. The lowest BCUT2D eigenvalue weighted by Crippen LogP contribution is -2.26. The Balaban J connectivity index is 1.52. The minimum atomic E-state index is 0.700. The number of hydrogen-bond acceptors (Lipinski definition) is 5. The van der Waals surface area contributed by atoms with Crippen molar-refractivity contribution in [1.29, 1.82) is 0 Å². The van der Waals surface area contributed by atoms with E-state index in [9.17, 15) is 0 Å². The smallest absolute Gasteiger partial charge is 0.170 e. The van der Waals surface area contributed by atoms with E-state index in [1.165, 1.54) is 15.3 Å². The molecule has 2 heterocycles. The van der Waals surface area contributed by atoms with Gasteiger partial charge in [-0.1, -0.05) is 48.5 Å². The lowest BCUT2D eigenvalue weighted by atomic mass is 10.1. The van der Waals surface area contributed by atoms with Gasteiger partial charge in [0.15, 0.2) is 5.82 Å². The molecule has 0 aliphatic carbocycles. The van der Waals surface area contributed by atoms with E-state index in [0.717, 1.165) is 31.0 Å². The van der Waals surface area contributed by atoms with Crippen LogP contribution in [0.15, 0.2) is 72.8 Å². The Morgan fingerprint density at radius 2 is 1.64 bits per heavy atom. The standard InChI is InChI=1S/C22H23N5S/c1-18-12-13-21(28-18)16-26(15-14-19-8-4-2-5-9-19)17-22-23-24-25-27(22)20-10-6-3-7-11-20/h2-13H,14-17H2,1H3. The van der Waals surface area contributed by atoms with Crippen LogP contribution in [0.4, 0.5) is 0 Å². The van der Waals surface area contributed by atoms with Crippen molar-refractivity contribution in [3.8, 4) is 5.69 Å². The predicted molar refractivity (Wildman–Crippen MR) is 112 cm³/mol. The van der Waals surface area contributed by atoms with Gasteiger partial charge in [0.25, 0.3) is 0 Å². The molecule has 142 valence electrons. The molecule has 2 aromatic heterocycles. The van der Waals surface area contributed by atoms with E-state index in [0.29, 0.717) is 6.54 Å². The van der Waals surface area contributed by atoms with Gasteiger partial charge in [-0.2, -0.15) is 4.68 Å². The van der Waals surface area contributed by atoms with Gasteiger partial charge in [-0.05, 0) is 53.6 Å². The van der Waals surface area contributed by atoms with Gasteiger partial charge in [-0.25, -0.2) is 0 Å². The van der Waals surface area contributed by atoms with Crippen molar-refractivity contribution in [2.75, 3.05) is 6.54 Å². The van der Waals surface area contributed by atoms with Crippen LogP contribution >= 0.6 is 11.3 Å². The molecule has 0 aliphatic heterocycles. The van der Waals surface area contributed by atoms with Crippen LogP contribution in [0.1, 0.15) is 21.1 Å². The maximum absolute atomic E-state index is 4.30. The molecule has 0 saturated heterocycles. The fraction of sp³-hybridized carbons (Fsp3) is 0.227. The van der Waals surface area contributed by atoms with E-state index >= 15 is 0 Å². The second-order valence-corrected chi connectivity index (χ2v) is 8.17. The Labute approximate surface area is 169 Å². The Morgan fingerprint density at radius 1 is 0.893 bits per heavy atom. The summed E-state index contributed by atoms with van der Waals surface area (Å²) in [6, 6.07) is 25.1. The molecule has 2 aromatic carbocycles. The van der Waals surface area contributed by atoms with Crippen molar-refractivity contribution in [3.05, 3.63) is 93.9 Å². The van der Waals surface area contributed by atoms with Crippen molar-refractivity contribution in [3.63, 3.8) is 0 Å². The lowest BCUT2D eigenvalue weighted by molar-refractivity contribution is 0.253. The Kier molecular flexibility index (Phi) is 5.89. The lowest BCUT2D eigenvalue weighted by Gasteiger charge is -2.21. The summed E-state index contributed by atoms with van der Waals surface area (Å²) in [6.07, 6.45) is 0.998. The number of benzene rings is 2. The van der Waals surface area contributed by atoms with E-state index in [1.54, 1.807) is 0 Å². The number of thiophene rings is 1. The maximum atomic E-state index is 4.30. The molecule has 0 bridgehead atoms. The van der Waals surface area contributed by atoms with Crippen LogP contribution in [-0.2, 0) is 19.5 Å². The zero-order valence-corrected chi connectivity index (χ0v) is 16.7. The third-order valence-electron chi connectivity index (χ3n) is 4.63. The quantitative estimate of drug-likeness (QED) is 0.451. The van der Waals surface area contributed by atoms with Crippen molar-refractivity contribution >= 4 is 11.3 Å². The number of rotatable bonds is 8. The van der Waals surface area contributed by atoms with Crippen LogP contribution in [-0.4, -0.2) is 31.7 Å². The molecule has 5 nitrogen and oxygen atoms in total. The minimum Gasteiger partial charge on any atom is -0.290 e. The summed E-state index contributed by atoms with van der Waals surface area (Å²) in [5.74, 6) is 0.854. The fourth-order valence-corrected chi connectivity index (χ4v) is 4.14. The second-order valence-electron chi connectivity index (χ2n) is 6.80. The molecular formula is C22H23N5S. The molecule has 4 rings (SSSR count). The third-order valence-corrected chi connectivity index (χ3v) is 5.62. The van der Waals surface area contributed by atoms with Gasteiger partial charge >= 0.3 is 0 Å². The van der Waals surface area contributed by atoms with Crippen LogP contribution in [0.3, 0.4) is 0 Å². The molecule has 0 atom stereocenters. The zero-order chi connectivity index (χ0) is 19.2. The average molecular weight is 390 g/mol. The van der Waals surface area contributed by atoms with Crippen LogP contribution in [0.5, 0.6) is 0 Å². The van der Waals surface area contributed by atoms with Crippen molar-refractivity contribution < 1.29 is 0 Å². The van der Waals surface area contributed by atoms with Gasteiger partial charge in [0.2, 0.25) is 0 Å². The van der Waals surface area contributed by atoms with Crippen LogP contribution in [0.25, 0.3) is 5.69 Å². The molecule has 0 spiro atoms. The molecule has 0 unspecified atom stereocenters. The van der Waals surface area contributed by atoms with Crippen LogP contribution in [0.2, 0.25) is 0 Å². The molecule has 0 fully saturated rings. The molecular weight excluding hydrogens is 366 g/mol. The molecule has 0 aliphatic rings. The summed E-state index contributed by atoms with van der Waals surface area (Å²) < 4.78 is 1.83. The number of para-hydroxylation sites is 1. The summed E-state index contributed by atoms with van der Waals surface area (Å²) in [6.45, 7) is 4.69. The number of nitrogens with zero attached hydrogens (tertiary/aromatic N) is 5. The number of aryl methyl sites for hydroxylation is 1. The summed E-state index contributed by atoms with van der Waals surface area (Å²) in [4.78, 5) is 5.13.